The van der Waals surface area contributed by atoms with E-state index in [4.69, 9.17) is 4.74 Å². The Kier molecular flexibility index (Phi) is 10.7. The first-order valence-corrected chi connectivity index (χ1v) is 15.3. The minimum absolute atomic E-state index is 0.0385. The van der Waals surface area contributed by atoms with E-state index in [0.717, 1.165) is 50.7 Å². The molecule has 0 bridgehead atoms. The Bertz CT molecular complexity index is 1010. The van der Waals surface area contributed by atoms with Crippen LogP contribution in [0.5, 0.6) is 0 Å². The Labute approximate surface area is 240 Å². The molecule has 2 aliphatic carbocycles. The lowest BCUT2D eigenvalue weighted by Gasteiger charge is -2.59. The maximum Gasteiger partial charge on any atom is 0.176 e. The van der Waals surface area contributed by atoms with Gasteiger partial charge in [-0.1, -0.05) is 80.4 Å². The summed E-state index contributed by atoms with van der Waals surface area (Å²) in [5, 5.41) is 9.80. The first-order valence-electron chi connectivity index (χ1n) is 15.3. The summed E-state index contributed by atoms with van der Waals surface area (Å²) in [5.41, 5.74) is 1.15. The summed E-state index contributed by atoms with van der Waals surface area (Å²) in [5.74, 6) is -0.126. The highest BCUT2D eigenvalue weighted by Gasteiger charge is 2.58. The zero-order chi connectivity index (χ0) is 29.9. The second-order valence-corrected chi connectivity index (χ2v) is 15.1. The van der Waals surface area contributed by atoms with E-state index < -0.39 is 5.41 Å². The first-order chi connectivity index (χ1) is 17.9. The van der Waals surface area contributed by atoms with Crippen molar-refractivity contribution in [3.8, 4) is 6.07 Å². The van der Waals surface area contributed by atoms with Crippen molar-refractivity contribution >= 4 is 11.6 Å². The van der Waals surface area contributed by atoms with Crippen molar-refractivity contribution in [2.24, 2.45) is 38.9 Å². The molecule has 1 saturated carbocycles. The molecule has 39 heavy (non-hydrogen) atoms. The van der Waals surface area contributed by atoms with Gasteiger partial charge in [0.25, 0.3) is 0 Å². The van der Waals surface area contributed by atoms with Crippen LogP contribution in [-0.2, 0) is 14.3 Å². The van der Waals surface area contributed by atoms with Crippen molar-refractivity contribution in [1.82, 2.24) is 0 Å². The number of nitriles is 1. The molecule has 2 rings (SSSR count). The van der Waals surface area contributed by atoms with Gasteiger partial charge in [0.1, 0.15) is 6.07 Å². The van der Waals surface area contributed by atoms with Gasteiger partial charge in [0.2, 0.25) is 0 Å². The SMILES string of the molecule is CCC(C)(C)CC[C@](C)(CCCOC)CCC(C)(C)[C@]1(C)CC[C@H]2[C@H](C)C(=O)C(C#N)=C[C@]2(C)/C1=C/C(C)=O. The van der Waals surface area contributed by atoms with Crippen LogP contribution in [0, 0.1) is 50.2 Å². The number of fused-ring (bicyclic) bond motifs is 1. The number of nitrogens with zero attached hydrogens (tertiary/aromatic N) is 1. The smallest absolute Gasteiger partial charge is 0.176 e. The second-order valence-electron chi connectivity index (χ2n) is 15.1. The van der Waals surface area contributed by atoms with Crippen molar-refractivity contribution in [3.05, 3.63) is 23.3 Å². The highest BCUT2D eigenvalue weighted by molar-refractivity contribution is 6.02. The summed E-state index contributed by atoms with van der Waals surface area (Å²) >= 11 is 0. The maximum atomic E-state index is 12.9. The molecule has 0 heterocycles. The van der Waals surface area contributed by atoms with Crippen LogP contribution in [-0.4, -0.2) is 25.3 Å². The Morgan fingerprint density at radius 1 is 1.13 bits per heavy atom. The van der Waals surface area contributed by atoms with Crippen LogP contribution in [0.2, 0.25) is 0 Å². The highest BCUT2D eigenvalue weighted by Crippen LogP contribution is 2.65. The van der Waals surface area contributed by atoms with Gasteiger partial charge in [-0.25, -0.2) is 0 Å². The number of methoxy groups -OCH3 is 1. The number of hydrogen-bond donors (Lipinski definition) is 0. The molecule has 1 fully saturated rings. The predicted molar refractivity (Wildman–Crippen MR) is 161 cm³/mol. The molecule has 4 heteroatoms. The molecule has 0 unspecified atom stereocenters. The molecule has 0 aromatic rings. The van der Waals surface area contributed by atoms with Gasteiger partial charge in [0.15, 0.2) is 11.6 Å². The van der Waals surface area contributed by atoms with E-state index in [1.807, 2.05) is 19.1 Å². The third-order valence-corrected chi connectivity index (χ3v) is 11.4. The van der Waals surface area contributed by atoms with Crippen LogP contribution in [0.1, 0.15) is 127 Å². The van der Waals surface area contributed by atoms with E-state index in [0.29, 0.717) is 5.41 Å². The van der Waals surface area contributed by atoms with E-state index in [2.05, 4.69) is 61.5 Å². The van der Waals surface area contributed by atoms with Crippen molar-refractivity contribution in [2.45, 2.75) is 127 Å². The van der Waals surface area contributed by atoms with Gasteiger partial charge in [0.05, 0.1) is 5.57 Å². The quantitative estimate of drug-likeness (QED) is 0.173. The standard InChI is InChI=1S/C35H57NO3/c1-12-31(4,5)17-19-33(8,15-13-21-39-11)20-18-32(6,7)35(10)16-14-28-26(3)30(38)27(24-36)23-34(28,9)29(35)22-25(2)37/h22-23,26,28H,12-21H2,1-11H3/b29-22-/t26-,28-,33-,34-,35+/m0/s1. The Hall–Kier alpha value is -1.73. The van der Waals surface area contributed by atoms with Gasteiger partial charge < -0.3 is 4.74 Å². The summed E-state index contributed by atoms with van der Waals surface area (Å²) in [6.45, 7) is 23.2. The molecule has 220 valence electrons. The number of carbonyl (C=O) groups excluding carboxylic acids is 2. The zero-order valence-electron chi connectivity index (χ0n) is 27.1. The van der Waals surface area contributed by atoms with E-state index in [1.54, 1.807) is 14.0 Å². The normalized spacial score (nSPS) is 30.4. The molecule has 0 saturated heterocycles. The molecule has 0 aromatic heterocycles. The number of ketones is 2. The van der Waals surface area contributed by atoms with Crippen LogP contribution >= 0.6 is 0 Å². The van der Waals surface area contributed by atoms with Crippen LogP contribution < -0.4 is 0 Å². The average Bonchev–Trinajstić information content (AvgIpc) is 2.86. The zero-order valence-corrected chi connectivity index (χ0v) is 27.1. The molecule has 0 aromatic carbocycles. The monoisotopic (exact) mass is 539 g/mol. The van der Waals surface area contributed by atoms with Crippen LogP contribution in [0.15, 0.2) is 23.3 Å². The van der Waals surface area contributed by atoms with Crippen LogP contribution in [0.25, 0.3) is 0 Å². The number of ether oxygens (including phenoxy) is 1. The van der Waals surface area contributed by atoms with E-state index in [-0.39, 0.29) is 45.2 Å². The Morgan fingerprint density at radius 3 is 2.28 bits per heavy atom. The van der Waals surface area contributed by atoms with Crippen LogP contribution in [0.4, 0.5) is 0 Å². The third-order valence-electron chi connectivity index (χ3n) is 11.4. The van der Waals surface area contributed by atoms with Gasteiger partial charge in [0, 0.05) is 25.0 Å². The Balaban J connectivity index is 2.47. The fraction of sp³-hybridized carbons (Fsp3) is 0.800. The summed E-state index contributed by atoms with van der Waals surface area (Å²) in [6.07, 6.45) is 13.6. The van der Waals surface area contributed by atoms with Crippen molar-refractivity contribution in [2.75, 3.05) is 13.7 Å². The van der Waals surface area contributed by atoms with Crippen molar-refractivity contribution in [3.63, 3.8) is 0 Å². The molecule has 2 aliphatic rings. The summed E-state index contributed by atoms with van der Waals surface area (Å²) < 4.78 is 5.42. The van der Waals surface area contributed by atoms with Gasteiger partial charge in [-0.15, -0.1) is 0 Å². The number of Topliss-reactive ketones (excluding diaryl/α,β-unsaturated/α-hetero) is 1. The second kappa shape index (κ2) is 12.4. The molecule has 0 aliphatic heterocycles. The fourth-order valence-corrected chi connectivity index (χ4v) is 7.46. The van der Waals surface area contributed by atoms with E-state index in [1.165, 1.54) is 19.3 Å². The molecule has 5 atom stereocenters. The molecular weight excluding hydrogens is 482 g/mol. The summed E-state index contributed by atoms with van der Waals surface area (Å²) in [6, 6.07) is 2.17. The lowest BCUT2D eigenvalue weighted by Crippen LogP contribution is -2.52. The molecular formula is C35H57NO3. The highest BCUT2D eigenvalue weighted by atomic mass is 16.5. The molecule has 0 amide bonds. The largest absolute Gasteiger partial charge is 0.385 e. The van der Waals surface area contributed by atoms with E-state index >= 15 is 0 Å². The fourth-order valence-electron chi connectivity index (χ4n) is 7.46. The third kappa shape index (κ3) is 7.13. The maximum absolute atomic E-state index is 12.9. The topological polar surface area (TPSA) is 67.2 Å². The number of hydrogen-bond acceptors (Lipinski definition) is 4. The van der Waals surface area contributed by atoms with Gasteiger partial charge in [-0.2, -0.15) is 5.26 Å². The number of carbonyl (C=O) groups is 2. The number of allylic oxidation sites excluding steroid dienone is 4. The lowest BCUT2D eigenvalue weighted by atomic mass is 9.44. The predicted octanol–water partition coefficient (Wildman–Crippen LogP) is 9.05. The average molecular weight is 540 g/mol. The van der Waals surface area contributed by atoms with Crippen molar-refractivity contribution in [1.29, 1.82) is 5.26 Å². The molecule has 0 spiro atoms. The minimum Gasteiger partial charge on any atom is -0.385 e. The molecule has 0 N–H and O–H groups in total. The Morgan fingerprint density at radius 2 is 1.74 bits per heavy atom. The first kappa shape index (κ1) is 33.5. The lowest BCUT2D eigenvalue weighted by molar-refractivity contribution is -0.123. The van der Waals surface area contributed by atoms with Gasteiger partial charge in [-0.3, -0.25) is 9.59 Å². The van der Waals surface area contributed by atoms with Gasteiger partial charge >= 0.3 is 0 Å². The van der Waals surface area contributed by atoms with Gasteiger partial charge in [-0.05, 0) is 91.9 Å². The van der Waals surface area contributed by atoms with Crippen LogP contribution in [0.3, 0.4) is 0 Å². The van der Waals surface area contributed by atoms with E-state index in [9.17, 15) is 14.9 Å². The summed E-state index contributed by atoms with van der Waals surface area (Å²) in [7, 11) is 1.78. The number of rotatable bonds is 13. The summed E-state index contributed by atoms with van der Waals surface area (Å²) in [4.78, 5) is 25.6. The van der Waals surface area contributed by atoms with Crippen molar-refractivity contribution < 1.29 is 14.3 Å². The molecule has 0 radical (unpaired) electrons. The minimum atomic E-state index is -0.485. The molecule has 4 nitrogen and oxygen atoms in total.